The van der Waals surface area contributed by atoms with Gasteiger partial charge in [0.05, 0.1) is 0 Å². The summed E-state index contributed by atoms with van der Waals surface area (Å²) in [6.07, 6.45) is 5.56. The second-order valence-corrected chi connectivity index (χ2v) is 6.73. The summed E-state index contributed by atoms with van der Waals surface area (Å²) in [4.78, 5) is 2.72. The SMILES string of the molecule is Br.CC[C@@]1(c2ccccc2)CCN(CC2CC2)C[C@@H]1C. The van der Waals surface area contributed by atoms with Gasteiger partial charge in [0.15, 0.2) is 0 Å². The molecule has 2 heteroatoms. The number of rotatable bonds is 4. The number of likely N-dealkylation sites (tertiary alicyclic amines) is 1. The van der Waals surface area contributed by atoms with E-state index in [0.29, 0.717) is 5.41 Å². The average molecular weight is 338 g/mol. The van der Waals surface area contributed by atoms with Crippen LogP contribution in [0.3, 0.4) is 0 Å². The van der Waals surface area contributed by atoms with E-state index in [1.165, 1.54) is 45.3 Å². The van der Waals surface area contributed by atoms with E-state index >= 15 is 0 Å². The quantitative estimate of drug-likeness (QED) is 0.771. The molecule has 2 atom stereocenters. The monoisotopic (exact) mass is 337 g/mol. The van der Waals surface area contributed by atoms with Crippen LogP contribution in [0, 0.1) is 11.8 Å². The van der Waals surface area contributed by atoms with Crippen LogP contribution in [-0.4, -0.2) is 24.5 Å². The van der Waals surface area contributed by atoms with Crippen molar-refractivity contribution in [2.75, 3.05) is 19.6 Å². The van der Waals surface area contributed by atoms with E-state index in [9.17, 15) is 0 Å². The molecule has 1 aliphatic carbocycles. The molecule has 0 amide bonds. The topological polar surface area (TPSA) is 3.24 Å². The van der Waals surface area contributed by atoms with Crippen molar-refractivity contribution in [1.29, 1.82) is 0 Å². The van der Waals surface area contributed by atoms with E-state index in [1.807, 2.05) is 0 Å². The maximum atomic E-state index is 2.72. The zero-order valence-electron chi connectivity index (χ0n) is 12.8. The fraction of sp³-hybridized carbons (Fsp3) is 0.667. The van der Waals surface area contributed by atoms with Gasteiger partial charge in [0.2, 0.25) is 0 Å². The molecule has 2 aliphatic rings. The van der Waals surface area contributed by atoms with Gasteiger partial charge >= 0.3 is 0 Å². The van der Waals surface area contributed by atoms with Crippen LogP contribution in [0.2, 0.25) is 0 Å². The lowest BCUT2D eigenvalue weighted by Gasteiger charge is -2.47. The zero-order chi connectivity index (χ0) is 13.3. The van der Waals surface area contributed by atoms with Crippen LogP contribution in [0.5, 0.6) is 0 Å². The smallest absolute Gasteiger partial charge is 0.00157 e. The van der Waals surface area contributed by atoms with Crippen molar-refractivity contribution >= 4 is 17.0 Å². The summed E-state index contributed by atoms with van der Waals surface area (Å²) in [7, 11) is 0. The van der Waals surface area contributed by atoms with Crippen LogP contribution in [0.15, 0.2) is 30.3 Å². The fourth-order valence-corrected chi connectivity index (χ4v) is 4.02. The Labute approximate surface area is 134 Å². The third-order valence-corrected chi connectivity index (χ3v) is 5.54. The van der Waals surface area contributed by atoms with Gasteiger partial charge in [-0.15, -0.1) is 17.0 Å². The lowest BCUT2D eigenvalue weighted by molar-refractivity contribution is 0.0933. The minimum Gasteiger partial charge on any atom is -0.303 e. The first-order chi connectivity index (χ1) is 9.24. The summed E-state index contributed by atoms with van der Waals surface area (Å²) < 4.78 is 0. The number of benzene rings is 1. The van der Waals surface area contributed by atoms with Crippen molar-refractivity contribution < 1.29 is 0 Å². The van der Waals surface area contributed by atoms with Crippen LogP contribution in [-0.2, 0) is 5.41 Å². The van der Waals surface area contributed by atoms with Gasteiger partial charge < -0.3 is 4.90 Å². The van der Waals surface area contributed by atoms with Crippen LogP contribution < -0.4 is 0 Å². The Balaban J connectivity index is 0.00000147. The van der Waals surface area contributed by atoms with Crippen molar-refractivity contribution in [2.24, 2.45) is 11.8 Å². The molecule has 1 saturated carbocycles. The minimum absolute atomic E-state index is 0. The summed E-state index contributed by atoms with van der Waals surface area (Å²) >= 11 is 0. The Bertz CT molecular complexity index is 415. The molecule has 0 unspecified atom stereocenters. The summed E-state index contributed by atoms with van der Waals surface area (Å²) in [5, 5.41) is 0. The van der Waals surface area contributed by atoms with Gasteiger partial charge in [-0.1, -0.05) is 44.2 Å². The highest BCUT2D eigenvalue weighted by atomic mass is 79.9. The molecule has 112 valence electrons. The molecule has 0 aromatic heterocycles. The molecular weight excluding hydrogens is 310 g/mol. The highest BCUT2D eigenvalue weighted by Crippen LogP contribution is 2.43. The Morgan fingerprint density at radius 1 is 1.20 bits per heavy atom. The second kappa shape index (κ2) is 6.62. The summed E-state index contributed by atoms with van der Waals surface area (Å²) in [5.41, 5.74) is 1.98. The van der Waals surface area contributed by atoms with Crippen LogP contribution in [0.25, 0.3) is 0 Å². The Morgan fingerprint density at radius 2 is 1.90 bits per heavy atom. The summed E-state index contributed by atoms with van der Waals surface area (Å²) in [6.45, 7) is 8.79. The maximum Gasteiger partial charge on any atom is 0.00157 e. The Morgan fingerprint density at radius 3 is 2.45 bits per heavy atom. The number of nitrogens with zero attached hydrogens (tertiary/aromatic N) is 1. The van der Waals surface area contributed by atoms with E-state index in [0.717, 1.165) is 11.8 Å². The molecular formula is C18H28BrN. The average Bonchev–Trinajstić information content (AvgIpc) is 3.25. The molecule has 1 nitrogen and oxygen atoms in total. The predicted octanol–water partition coefficient (Wildman–Crippen LogP) is 4.66. The van der Waals surface area contributed by atoms with Gasteiger partial charge in [-0.25, -0.2) is 0 Å². The van der Waals surface area contributed by atoms with Gasteiger partial charge in [0.25, 0.3) is 0 Å². The molecule has 0 spiro atoms. The molecule has 0 radical (unpaired) electrons. The standard InChI is InChI=1S/C18H27N.BrH/c1-3-18(17-7-5-4-6-8-17)11-12-19(13-15(18)2)14-16-9-10-16;/h4-8,15-16H,3,9-14H2,1-2H3;1H/t15-,18+;/m0./s1. The van der Waals surface area contributed by atoms with E-state index in [4.69, 9.17) is 0 Å². The number of piperidine rings is 1. The van der Waals surface area contributed by atoms with E-state index in [2.05, 4.69) is 49.1 Å². The van der Waals surface area contributed by atoms with Crippen LogP contribution in [0.1, 0.15) is 45.1 Å². The Hall–Kier alpha value is -0.340. The van der Waals surface area contributed by atoms with Crippen molar-refractivity contribution in [3.8, 4) is 0 Å². The van der Waals surface area contributed by atoms with Gasteiger partial charge in [0, 0.05) is 18.5 Å². The first-order valence-corrected chi connectivity index (χ1v) is 8.02. The third kappa shape index (κ3) is 3.12. The molecule has 20 heavy (non-hydrogen) atoms. The first kappa shape index (κ1) is 16.0. The van der Waals surface area contributed by atoms with Crippen LogP contribution in [0.4, 0.5) is 0 Å². The largest absolute Gasteiger partial charge is 0.303 e. The summed E-state index contributed by atoms with van der Waals surface area (Å²) in [6, 6.07) is 11.2. The highest BCUT2D eigenvalue weighted by molar-refractivity contribution is 8.93. The number of hydrogen-bond donors (Lipinski definition) is 0. The molecule has 0 bridgehead atoms. The molecule has 3 rings (SSSR count). The molecule has 1 aromatic carbocycles. The number of halogens is 1. The van der Waals surface area contributed by atoms with Crippen molar-refractivity contribution in [3.05, 3.63) is 35.9 Å². The predicted molar refractivity (Wildman–Crippen MR) is 91.7 cm³/mol. The third-order valence-electron chi connectivity index (χ3n) is 5.54. The highest BCUT2D eigenvalue weighted by Gasteiger charge is 2.41. The molecule has 1 saturated heterocycles. The van der Waals surface area contributed by atoms with Gasteiger partial charge in [-0.3, -0.25) is 0 Å². The Kier molecular flexibility index (Phi) is 5.30. The number of hydrogen-bond acceptors (Lipinski definition) is 1. The van der Waals surface area contributed by atoms with E-state index in [-0.39, 0.29) is 17.0 Å². The second-order valence-electron chi connectivity index (χ2n) is 6.73. The minimum atomic E-state index is 0. The van der Waals surface area contributed by atoms with Crippen molar-refractivity contribution in [2.45, 2.75) is 44.9 Å². The zero-order valence-corrected chi connectivity index (χ0v) is 14.6. The fourth-order valence-electron chi connectivity index (χ4n) is 4.02. The lowest BCUT2D eigenvalue weighted by atomic mass is 9.65. The van der Waals surface area contributed by atoms with E-state index < -0.39 is 0 Å². The lowest BCUT2D eigenvalue weighted by Crippen LogP contribution is -2.49. The normalized spacial score (nSPS) is 30.8. The van der Waals surface area contributed by atoms with E-state index in [1.54, 1.807) is 5.56 Å². The molecule has 1 aliphatic heterocycles. The molecule has 0 N–H and O–H groups in total. The van der Waals surface area contributed by atoms with Crippen LogP contribution >= 0.6 is 17.0 Å². The van der Waals surface area contributed by atoms with Crippen molar-refractivity contribution in [1.82, 2.24) is 4.90 Å². The van der Waals surface area contributed by atoms with Gasteiger partial charge in [0.1, 0.15) is 0 Å². The van der Waals surface area contributed by atoms with Gasteiger partial charge in [-0.05, 0) is 49.6 Å². The summed E-state index contributed by atoms with van der Waals surface area (Å²) in [5.74, 6) is 1.80. The van der Waals surface area contributed by atoms with Gasteiger partial charge in [-0.2, -0.15) is 0 Å². The maximum absolute atomic E-state index is 2.72. The molecule has 1 heterocycles. The molecule has 1 aromatic rings. The molecule has 2 fully saturated rings. The van der Waals surface area contributed by atoms with Crippen molar-refractivity contribution in [3.63, 3.8) is 0 Å². The first-order valence-electron chi connectivity index (χ1n) is 8.02.